The van der Waals surface area contributed by atoms with Crippen LogP contribution in [-0.4, -0.2) is 38.2 Å². The zero-order chi connectivity index (χ0) is 86.1. The second-order valence-corrected chi connectivity index (χ2v) is 37.0. The quantitative estimate of drug-likeness (QED) is 0.169. The van der Waals surface area contributed by atoms with Crippen LogP contribution in [-0.2, 0) is 0 Å². The summed E-state index contributed by atoms with van der Waals surface area (Å²) in [6.45, 7) is 0. The van der Waals surface area contributed by atoms with Gasteiger partial charge >= 0.3 is 0 Å². The van der Waals surface area contributed by atoms with Gasteiger partial charge in [-0.2, -0.15) is 0 Å². The Bertz CT molecular complexity index is 10500. The molecule has 0 aliphatic rings. The van der Waals surface area contributed by atoms with E-state index in [-0.39, 0.29) is 0 Å². The van der Waals surface area contributed by atoms with Gasteiger partial charge in [-0.05, 0) is 159 Å². The molecular weight excluding hydrogens is 1680 g/mol. The fraction of sp³-hybridized carbons (Fsp3) is 0. The van der Waals surface area contributed by atoms with Gasteiger partial charge in [-0.15, -0.1) is 34.0 Å². The standard InChI is InChI=1S/C29H16N2O2.3C29H16N2OS/c1-2-6-19-17(5-1)9-14-24-27(19)22-12-11-21-20-7-3-4-8-25(20)33-29(21)28(22)31(24)18-10-13-23-26(15-18)32-16-30-23;1-2-8-19-18(7-1)26-21-10-4-6-12-25(21)33-29(26)27-20-9-3-5-11-23(20)31(28(19)27)17-13-14-22-24(15-17)32-16-30-22;1-2-8-19-18(7-1)26-20-9-3-5-11-23(20)31(17-13-14-22-24(15-17)32-16-30-22)28(26)29-27(19)21-10-4-6-12-25(21)33-29;1-2-6-18-12-25-21(11-17(18)5-1)22-15-29-23(20-7-3-4-8-28(20)33-29)14-26(22)31(25)19-9-10-24-27(13-19)32-16-30-24/h4*1-16H. The topological polar surface area (TPSA) is 137 Å². The highest BCUT2D eigenvalue weighted by molar-refractivity contribution is 7.27. The Balaban J connectivity index is 0.0000000862. The van der Waals surface area contributed by atoms with E-state index in [0.29, 0.717) is 0 Å². The Morgan fingerprint density at radius 2 is 0.621 bits per heavy atom. The van der Waals surface area contributed by atoms with E-state index in [1.165, 1.54) is 205 Å². The van der Waals surface area contributed by atoms with Crippen molar-refractivity contribution in [3.05, 3.63) is 390 Å². The van der Waals surface area contributed by atoms with E-state index < -0.39 is 0 Å². The van der Waals surface area contributed by atoms with Crippen LogP contribution in [0.25, 0.3) is 280 Å². The summed E-state index contributed by atoms with van der Waals surface area (Å²) >= 11 is 5.63. The van der Waals surface area contributed by atoms with Crippen molar-refractivity contribution in [1.82, 2.24) is 38.2 Å². The Labute approximate surface area is 758 Å². The van der Waals surface area contributed by atoms with E-state index in [1.54, 1.807) is 0 Å². The molecule has 0 bridgehead atoms. The van der Waals surface area contributed by atoms with Crippen LogP contribution in [0.5, 0.6) is 0 Å². The minimum atomic E-state index is 0.764. The van der Waals surface area contributed by atoms with E-state index in [9.17, 15) is 0 Å². The van der Waals surface area contributed by atoms with Crippen molar-refractivity contribution in [2.75, 3.05) is 0 Å². The van der Waals surface area contributed by atoms with Gasteiger partial charge in [0.05, 0.1) is 71.6 Å². The molecule has 32 rings (SSSR count). The van der Waals surface area contributed by atoms with Crippen LogP contribution in [0.4, 0.5) is 0 Å². The smallest absolute Gasteiger partial charge is 0.181 e. The lowest BCUT2D eigenvalue weighted by Gasteiger charge is -2.11. The van der Waals surface area contributed by atoms with Crippen LogP contribution < -0.4 is 0 Å². The first-order chi connectivity index (χ1) is 65.5. The number of oxazole rings is 4. The zero-order valence-corrected chi connectivity index (χ0v) is 72.2. The summed E-state index contributed by atoms with van der Waals surface area (Å²) in [6.07, 6.45) is 6.02. The van der Waals surface area contributed by atoms with Crippen molar-refractivity contribution in [3.63, 3.8) is 0 Å². The van der Waals surface area contributed by atoms with Crippen molar-refractivity contribution in [2.45, 2.75) is 0 Å². The molecule has 32 aromatic rings. The van der Waals surface area contributed by atoms with Gasteiger partial charge in [0.25, 0.3) is 0 Å². The summed E-state index contributed by atoms with van der Waals surface area (Å²) in [7, 11) is 0. The average molecular weight is 1750 g/mol. The highest BCUT2D eigenvalue weighted by atomic mass is 32.1. The first-order valence-electron chi connectivity index (χ1n) is 43.9. The van der Waals surface area contributed by atoms with Crippen molar-refractivity contribution >= 4 is 291 Å². The molecule has 20 aromatic carbocycles. The second-order valence-electron chi connectivity index (χ2n) is 33.8. The fourth-order valence-electron chi connectivity index (χ4n) is 21.2. The lowest BCUT2D eigenvalue weighted by Crippen LogP contribution is -1.94. The van der Waals surface area contributed by atoms with Gasteiger partial charge < -0.3 is 40.4 Å². The maximum atomic E-state index is 6.49. The number of thiophene rings is 3. The highest BCUT2D eigenvalue weighted by Crippen LogP contribution is 2.52. The van der Waals surface area contributed by atoms with Gasteiger partial charge in [-0.25, -0.2) is 19.9 Å². The van der Waals surface area contributed by atoms with Gasteiger partial charge in [-0.3, -0.25) is 0 Å². The van der Waals surface area contributed by atoms with E-state index in [0.717, 1.165) is 100 Å². The molecule has 13 nitrogen and oxygen atoms in total. The molecule has 0 unspecified atom stereocenters. The van der Waals surface area contributed by atoms with Gasteiger partial charge in [0.15, 0.2) is 53.5 Å². The third kappa shape index (κ3) is 10.8. The van der Waals surface area contributed by atoms with E-state index >= 15 is 0 Å². The van der Waals surface area contributed by atoms with Crippen LogP contribution in [0.1, 0.15) is 0 Å². The number of rotatable bonds is 4. The number of aromatic nitrogens is 8. The minimum absolute atomic E-state index is 0.764. The second kappa shape index (κ2) is 28.2. The average Bonchev–Trinajstić information content (AvgIpc) is 1.53. The molecule has 16 heteroatoms. The van der Waals surface area contributed by atoms with Crippen LogP contribution >= 0.6 is 34.0 Å². The Morgan fingerprint density at radius 1 is 0.197 bits per heavy atom. The molecular formula is C116H64N8O5S3. The largest absolute Gasteiger partial charge is 0.454 e. The van der Waals surface area contributed by atoms with Crippen LogP contribution in [0, 0.1) is 0 Å². The molecule has 0 saturated carbocycles. The van der Waals surface area contributed by atoms with E-state index in [4.69, 9.17) is 22.1 Å². The van der Waals surface area contributed by atoms with Crippen LogP contribution in [0.2, 0.25) is 0 Å². The summed E-state index contributed by atoms with van der Waals surface area (Å²) in [4.78, 5) is 17.2. The van der Waals surface area contributed by atoms with E-state index in [2.05, 4.69) is 366 Å². The normalized spacial score (nSPS) is 12.2. The van der Waals surface area contributed by atoms with Crippen molar-refractivity contribution in [3.8, 4) is 22.7 Å². The van der Waals surface area contributed by atoms with Crippen LogP contribution in [0.15, 0.2) is 412 Å². The number of nitrogens with zero attached hydrogens (tertiary/aromatic N) is 8. The molecule has 0 spiro atoms. The number of benzene rings is 20. The molecule has 0 amide bonds. The Morgan fingerprint density at radius 3 is 1.23 bits per heavy atom. The van der Waals surface area contributed by atoms with Crippen molar-refractivity contribution in [2.24, 2.45) is 0 Å². The number of furan rings is 1. The summed E-state index contributed by atoms with van der Waals surface area (Å²) in [5.74, 6) is 0. The van der Waals surface area contributed by atoms with Crippen molar-refractivity contribution in [1.29, 1.82) is 0 Å². The SMILES string of the molecule is c1ccc2c(c1)ccc1c2c2ccc3c4ccccc4oc3c2n1-c1ccc2ncoc2c1.c1ccc2c(c1)sc1c2c2ccccc2c2c1c1ccccc1n2-c1ccc2ncoc2c1.c1ccc2c(c1)sc1c2c2ccccc2c2c3ccccc3n(-c3ccc4ncoc4c3)c12.c1ccc2cc3c(cc2c1)c1cc2sc4ccccc4c2cc1n3-c1ccc2ncoc2c1. The zero-order valence-electron chi connectivity index (χ0n) is 69.8. The molecule has 616 valence electrons. The Kier molecular flexibility index (Phi) is 15.6. The molecule has 0 saturated heterocycles. The molecule has 0 radical (unpaired) electrons. The van der Waals surface area contributed by atoms with Gasteiger partial charge in [0, 0.05) is 139 Å². The summed E-state index contributed by atoms with van der Waals surface area (Å²) in [5, 5.41) is 30.4. The maximum Gasteiger partial charge on any atom is 0.181 e. The third-order valence-corrected chi connectivity index (χ3v) is 30.4. The first-order valence-corrected chi connectivity index (χ1v) is 46.3. The molecule has 0 aliphatic carbocycles. The number of hydrogen-bond acceptors (Lipinski definition) is 12. The summed E-state index contributed by atoms with van der Waals surface area (Å²) in [5.41, 5.74) is 22.2. The minimum Gasteiger partial charge on any atom is -0.454 e. The van der Waals surface area contributed by atoms with Gasteiger partial charge in [-0.1, -0.05) is 218 Å². The first kappa shape index (κ1) is 73.1. The Hall–Kier alpha value is -17.0. The number of fused-ring (bicyclic) bond motifs is 40. The maximum absolute atomic E-state index is 6.49. The molecule has 12 aromatic heterocycles. The van der Waals surface area contributed by atoms with Gasteiger partial charge in [0.1, 0.15) is 27.6 Å². The lowest BCUT2D eigenvalue weighted by atomic mass is 9.99. The molecule has 0 atom stereocenters. The number of para-hydroxylation sites is 3. The monoisotopic (exact) mass is 1740 g/mol. The lowest BCUT2D eigenvalue weighted by molar-refractivity contribution is 0.601. The molecule has 132 heavy (non-hydrogen) atoms. The van der Waals surface area contributed by atoms with Gasteiger partial charge in [0.2, 0.25) is 0 Å². The molecule has 0 aliphatic heterocycles. The summed E-state index contributed by atoms with van der Waals surface area (Å²) in [6, 6.07) is 130. The number of hydrogen-bond donors (Lipinski definition) is 0. The van der Waals surface area contributed by atoms with E-state index in [1.807, 2.05) is 70.4 Å². The third-order valence-electron chi connectivity index (χ3n) is 26.9. The predicted octanol–water partition coefficient (Wildman–Crippen LogP) is 33.3. The molecule has 0 fully saturated rings. The predicted molar refractivity (Wildman–Crippen MR) is 549 cm³/mol. The van der Waals surface area contributed by atoms with Crippen molar-refractivity contribution < 1.29 is 22.1 Å². The molecule has 0 N–H and O–H groups in total. The molecule has 12 heterocycles. The fourth-order valence-corrected chi connectivity index (χ4v) is 24.9. The van der Waals surface area contributed by atoms with Crippen LogP contribution in [0.3, 0.4) is 0 Å². The summed E-state index contributed by atoms with van der Waals surface area (Å²) < 4.78 is 46.5. The highest BCUT2D eigenvalue weighted by Gasteiger charge is 2.28.